The number of carbonyl (C=O) groups excluding carboxylic acids is 2. The van der Waals surface area contributed by atoms with Crippen molar-refractivity contribution in [2.24, 2.45) is 5.92 Å². The van der Waals surface area contributed by atoms with Crippen molar-refractivity contribution in [3.8, 4) is 5.75 Å². The van der Waals surface area contributed by atoms with Crippen LogP contribution < -0.4 is 15.0 Å². The van der Waals surface area contributed by atoms with Crippen LogP contribution in [0.25, 0.3) is 0 Å². The van der Waals surface area contributed by atoms with E-state index in [0.29, 0.717) is 13.0 Å². The fourth-order valence-electron chi connectivity index (χ4n) is 3.57. The first-order valence-corrected chi connectivity index (χ1v) is 8.70. The van der Waals surface area contributed by atoms with E-state index in [2.05, 4.69) is 5.32 Å². The second kappa shape index (κ2) is 6.78. The van der Waals surface area contributed by atoms with Crippen LogP contribution >= 0.6 is 0 Å². The number of nitrogens with one attached hydrogen (secondary N) is 1. The number of anilines is 1. The van der Waals surface area contributed by atoms with Crippen LogP contribution in [0.2, 0.25) is 0 Å². The topological polar surface area (TPSA) is 58.6 Å². The number of benzene rings is 2. The summed E-state index contributed by atoms with van der Waals surface area (Å²) >= 11 is 0. The Hall–Kier alpha value is -2.89. The first kappa shape index (κ1) is 16.6. The van der Waals surface area contributed by atoms with Gasteiger partial charge in [0.05, 0.1) is 24.3 Å². The molecule has 2 aliphatic rings. The molecule has 2 aliphatic heterocycles. The third-order valence-electron chi connectivity index (χ3n) is 4.91. The largest absolute Gasteiger partial charge is 0.493 e. The standard InChI is InChI=1S/C20H19FN2O3/c21-15-6-2-3-7-17(15)23-12-13(11-19(23)24)20(25)22-16-9-10-26-18-8-4-1-5-14(16)18/h1-8,13,16H,9-12H2,(H,22,25)/t13-,16-/m0/s1. The lowest BCUT2D eigenvalue weighted by Gasteiger charge is -2.27. The second-order valence-corrected chi connectivity index (χ2v) is 6.59. The monoisotopic (exact) mass is 354 g/mol. The summed E-state index contributed by atoms with van der Waals surface area (Å²) < 4.78 is 19.6. The second-order valence-electron chi connectivity index (χ2n) is 6.59. The van der Waals surface area contributed by atoms with Crippen LogP contribution in [0.4, 0.5) is 10.1 Å². The maximum absolute atomic E-state index is 14.0. The first-order valence-electron chi connectivity index (χ1n) is 8.70. The molecule has 2 atom stereocenters. The number of carbonyl (C=O) groups is 2. The smallest absolute Gasteiger partial charge is 0.227 e. The van der Waals surface area contributed by atoms with Crippen molar-refractivity contribution < 1.29 is 18.7 Å². The number of nitrogens with zero attached hydrogens (tertiary/aromatic N) is 1. The van der Waals surface area contributed by atoms with Crippen LogP contribution in [0.1, 0.15) is 24.4 Å². The van der Waals surface area contributed by atoms with E-state index in [1.54, 1.807) is 18.2 Å². The van der Waals surface area contributed by atoms with E-state index >= 15 is 0 Å². The Morgan fingerprint density at radius 3 is 2.77 bits per heavy atom. The van der Waals surface area contributed by atoms with E-state index in [9.17, 15) is 14.0 Å². The molecule has 6 heteroatoms. The molecule has 1 fully saturated rings. The molecule has 2 heterocycles. The van der Waals surface area contributed by atoms with Gasteiger partial charge in [0.25, 0.3) is 0 Å². The molecule has 0 aromatic heterocycles. The van der Waals surface area contributed by atoms with E-state index in [-0.39, 0.29) is 36.5 Å². The molecule has 0 bridgehead atoms. The van der Waals surface area contributed by atoms with Crippen molar-refractivity contribution in [2.45, 2.75) is 18.9 Å². The summed E-state index contributed by atoms with van der Waals surface area (Å²) in [6, 6.07) is 13.6. The zero-order chi connectivity index (χ0) is 18.1. The number of para-hydroxylation sites is 2. The summed E-state index contributed by atoms with van der Waals surface area (Å²) in [5.41, 5.74) is 1.17. The van der Waals surface area contributed by atoms with Crippen molar-refractivity contribution in [1.29, 1.82) is 0 Å². The van der Waals surface area contributed by atoms with Gasteiger partial charge in [0.1, 0.15) is 11.6 Å². The van der Waals surface area contributed by atoms with Crippen molar-refractivity contribution in [2.75, 3.05) is 18.1 Å². The van der Waals surface area contributed by atoms with Crippen LogP contribution in [0.5, 0.6) is 5.75 Å². The Bertz CT molecular complexity index is 854. The summed E-state index contributed by atoms with van der Waals surface area (Å²) in [5, 5.41) is 3.03. The number of hydrogen-bond acceptors (Lipinski definition) is 3. The van der Waals surface area contributed by atoms with Gasteiger partial charge in [-0.15, -0.1) is 0 Å². The van der Waals surface area contributed by atoms with Gasteiger partial charge >= 0.3 is 0 Å². The van der Waals surface area contributed by atoms with Crippen LogP contribution in [0.15, 0.2) is 48.5 Å². The molecule has 1 N–H and O–H groups in total. The molecule has 0 radical (unpaired) electrons. The van der Waals surface area contributed by atoms with Crippen LogP contribution in [-0.2, 0) is 9.59 Å². The summed E-state index contributed by atoms with van der Waals surface area (Å²) in [7, 11) is 0. The summed E-state index contributed by atoms with van der Waals surface area (Å²) in [5.74, 6) is -0.585. The van der Waals surface area contributed by atoms with Gasteiger partial charge in [-0.25, -0.2) is 4.39 Å². The number of halogens is 1. The lowest BCUT2D eigenvalue weighted by molar-refractivity contribution is -0.127. The average molecular weight is 354 g/mol. The van der Waals surface area contributed by atoms with Gasteiger partial charge in [0.15, 0.2) is 0 Å². The number of amides is 2. The highest BCUT2D eigenvalue weighted by Crippen LogP contribution is 2.33. The highest BCUT2D eigenvalue weighted by atomic mass is 19.1. The fourth-order valence-corrected chi connectivity index (χ4v) is 3.57. The van der Waals surface area contributed by atoms with E-state index in [1.807, 2.05) is 24.3 Å². The van der Waals surface area contributed by atoms with E-state index in [1.165, 1.54) is 11.0 Å². The minimum atomic E-state index is -0.489. The van der Waals surface area contributed by atoms with Crippen molar-refractivity contribution in [3.05, 3.63) is 59.9 Å². The summed E-state index contributed by atoms with van der Waals surface area (Å²) in [6.07, 6.45) is 0.769. The van der Waals surface area contributed by atoms with Crippen LogP contribution in [0, 0.1) is 11.7 Å². The zero-order valence-corrected chi connectivity index (χ0v) is 14.2. The van der Waals surface area contributed by atoms with Crippen molar-refractivity contribution >= 4 is 17.5 Å². The molecule has 134 valence electrons. The molecule has 5 nitrogen and oxygen atoms in total. The lowest BCUT2D eigenvalue weighted by atomic mass is 9.99. The van der Waals surface area contributed by atoms with Gasteiger partial charge in [-0.1, -0.05) is 30.3 Å². The minimum absolute atomic E-state index is 0.0883. The predicted octanol–water partition coefficient (Wildman–Crippen LogP) is 2.82. The van der Waals surface area contributed by atoms with Gasteiger partial charge in [0.2, 0.25) is 11.8 Å². The molecule has 4 rings (SSSR count). The normalized spacial score (nSPS) is 21.9. The average Bonchev–Trinajstić information content (AvgIpc) is 3.04. The Morgan fingerprint density at radius 2 is 1.92 bits per heavy atom. The molecular weight excluding hydrogens is 335 g/mol. The SMILES string of the molecule is O=C(N[C@H]1CCOc2ccccc21)[C@H]1CC(=O)N(c2ccccc2F)C1. The highest BCUT2D eigenvalue weighted by molar-refractivity contribution is 6.00. The maximum atomic E-state index is 14.0. The molecule has 0 unspecified atom stereocenters. The molecule has 1 saturated heterocycles. The third-order valence-corrected chi connectivity index (χ3v) is 4.91. The molecule has 0 aliphatic carbocycles. The summed E-state index contributed by atoms with van der Waals surface area (Å²) in [4.78, 5) is 26.4. The number of hydrogen-bond donors (Lipinski definition) is 1. The molecule has 2 aromatic carbocycles. The predicted molar refractivity (Wildman–Crippen MR) is 94.3 cm³/mol. The fraction of sp³-hybridized carbons (Fsp3) is 0.300. The molecule has 0 spiro atoms. The Balaban J connectivity index is 1.47. The number of fused-ring (bicyclic) bond motifs is 1. The van der Waals surface area contributed by atoms with E-state index in [0.717, 1.165) is 11.3 Å². The van der Waals surface area contributed by atoms with Crippen LogP contribution in [0.3, 0.4) is 0 Å². The maximum Gasteiger partial charge on any atom is 0.227 e. The lowest BCUT2D eigenvalue weighted by Crippen LogP contribution is -2.37. The Kier molecular flexibility index (Phi) is 4.32. The van der Waals surface area contributed by atoms with Gasteiger partial charge in [-0.2, -0.15) is 0 Å². The van der Waals surface area contributed by atoms with E-state index < -0.39 is 11.7 Å². The van der Waals surface area contributed by atoms with Gasteiger partial charge in [0, 0.05) is 24.9 Å². The van der Waals surface area contributed by atoms with E-state index in [4.69, 9.17) is 4.74 Å². The van der Waals surface area contributed by atoms with Crippen LogP contribution in [-0.4, -0.2) is 25.0 Å². The summed E-state index contributed by atoms with van der Waals surface area (Å²) in [6.45, 7) is 0.726. The number of ether oxygens (including phenoxy) is 1. The minimum Gasteiger partial charge on any atom is -0.493 e. The van der Waals surface area contributed by atoms with Gasteiger partial charge in [-0.05, 0) is 18.2 Å². The molecule has 0 saturated carbocycles. The first-order chi connectivity index (χ1) is 12.6. The quantitative estimate of drug-likeness (QED) is 0.922. The zero-order valence-electron chi connectivity index (χ0n) is 14.2. The van der Waals surface area contributed by atoms with Gasteiger partial charge < -0.3 is 15.0 Å². The highest BCUT2D eigenvalue weighted by Gasteiger charge is 2.37. The molecule has 2 amide bonds. The number of rotatable bonds is 3. The molecule has 26 heavy (non-hydrogen) atoms. The van der Waals surface area contributed by atoms with Gasteiger partial charge in [-0.3, -0.25) is 9.59 Å². The Morgan fingerprint density at radius 1 is 1.15 bits per heavy atom. The van der Waals surface area contributed by atoms with Crippen molar-refractivity contribution in [1.82, 2.24) is 5.32 Å². The molecular formula is C20H19FN2O3. The Labute approximate surface area is 150 Å². The third kappa shape index (κ3) is 3.03. The molecule has 2 aromatic rings. The van der Waals surface area contributed by atoms with Crippen molar-refractivity contribution in [3.63, 3.8) is 0 Å².